The molecule has 0 aliphatic rings. The first-order chi connectivity index (χ1) is 9.54. The smallest absolute Gasteiger partial charge is 0.253 e. The van der Waals surface area contributed by atoms with Gasteiger partial charge in [-0.2, -0.15) is 4.31 Å². The van der Waals surface area contributed by atoms with Crippen LogP contribution in [0, 0.1) is 12.3 Å². The first kappa shape index (κ1) is 17.2. The maximum Gasteiger partial charge on any atom is 0.253 e. The van der Waals surface area contributed by atoms with E-state index in [0.29, 0.717) is 5.56 Å². The molecule has 0 aliphatic heterocycles. The van der Waals surface area contributed by atoms with Gasteiger partial charge in [0.15, 0.2) is 0 Å². The van der Waals surface area contributed by atoms with Gasteiger partial charge < -0.3 is 4.90 Å². The van der Waals surface area contributed by atoms with Crippen LogP contribution in [-0.2, 0) is 10.0 Å². The molecule has 0 saturated heterocycles. The van der Waals surface area contributed by atoms with Gasteiger partial charge in [-0.25, -0.2) is 8.42 Å². The van der Waals surface area contributed by atoms with Crippen LogP contribution in [0.25, 0.3) is 0 Å². The Kier molecular flexibility index (Phi) is 4.82. The summed E-state index contributed by atoms with van der Waals surface area (Å²) in [5, 5.41) is 0. The molecule has 0 aromatic heterocycles. The van der Waals surface area contributed by atoms with Gasteiger partial charge in [0.2, 0.25) is 10.0 Å². The number of terminal acetylenes is 1. The Balaban J connectivity index is 3.18. The Bertz CT molecular complexity index is 668. The van der Waals surface area contributed by atoms with Gasteiger partial charge in [0.1, 0.15) is 0 Å². The molecule has 0 atom stereocenters. The molecule has 0 radical (unpaired) electrons. The number of hydrogen-bond donors (Lipinski definition) is 0. The molecular weight excluding hydrogens is 288 g/mol. The molecule has 5 nitrogen and oxygen atoms in total. The van der Waals surface area contributed by atoms with E-state index in [1.807, 2.05) is 0 Å². The quantitative estimate of drug-likeness (QED) is 0.791. The van der Waals surface area contributed by atoms with E-state index in [4.69, 9.17) is 6.42 Å². The van der Waals surface area contributed by atoms with E-state index in [-0.39, 0.29) is 10.8 Å². The van der Waals surface area contributed by atoms with Gasteiger partial charge in [0.05, 0.1) is 10.4 Å². The molecule has 0 aliphatic carbocycles. The Hall–Kier alpha value is -1.84. The van der Waals surface area contributed by atoms with Gasteiger partial charge in [-0.3, -0.25) is 4.79 Å². The first-order valence-corrected chi connectivity index (χ1v) is 7.76. The van der Waals surface area contributed by atoms with Crippen molar-refractivity contribution in [2.75, 3.05) is 21.1 Å². The van der Waals surface area contributed by atoms with Crippen LogP contribution < -0.4 is 0 Å². The Morgan fingerprint density at radius 3 is 2.00 bits per heavy atom. The molecule has 114 valence electrons. The third kappa shape index (κ3) is 3.43. The number of carbonyl (C=O) groups is 1. The summed E-state index contributed by atoms with van der Waals surface area (Å²) in [5.74, 6) is 2.26. The Labute approximate surface area is 126 Å². The summed E-state index contributed by atoms with van der Waals surface area (Å²) in [7, 11) is 1.00. The minimum atomic E-state index is -3.71. The largest absolute Gasteiger partial charge is 0.345 e. The molecule has 0 spiro atoms. The molecular formula is C15H20N2O3S. The predicted octanol–water partition coefficient (Wildman–Crippen LogP) is 1.42. The van der Waals surface area contributed by atoms with Crippen LogP contribution in [0.2, 0.25) is 0 Å². The van der Waals surface area contributed by atoms with E-state index in [1.165, 1.54) is 36.2 Å². The lowest BCUT2D eigenvalue weighted by Gasteiger charge is -2.29. The normalized spacial score (nSPS) is 12.0. The lowest BCUT2D eigenvalue weighted by atomic mass is 10.1. The average Bonchev–Trinajstić information content (AvgIpc) is 2.45. The van der Waals surface area contributed by atoms with Crippen LogP contribution in [-0.4, -0.2) is 50.2 Å². The highest BCUT2D eigenvalue weighted by Gasteiger charge is 2.32. The maximum atomic E-state index is 12.5. The molecule has 6 heteroatoms. The minimum absolute atomic E-state index is 0.101. The zero-order valence-electron chi connectivity index (χ0n) is 12.9. The molecule has 1 rings (SSSR count). The zero-order valence-corrected chi connectivity index (χ0v) is 13.7. The SMILES string of the molecule is C#CC(C)(C)N(C)S(=O)(=O)c1ccc(C(=O)N(C)C)cc1. The van der Waals surface area contributed by atoms with Crippen molar-refractivity contribution in [2.24, 2.45) is 0 Å². The van der Waals surface area contributed by atoms with Crippen molar-refractivity contribution >= 4 is 15.9 Å². The van der Waals surface area contributed by atoms with Crippen LogP contribution in [0.1, 0.15) is 24.2 Å². The van der Waals surface area contributed by atoms with Gasteiger partial charge in [-0.15, -0.1) is 6.42 Å². The summed E-state index contributed by atoms with van der Waals surface area (Å²) in [4.78, 5) is 13.3. The van der Waals surface area contributed by atoms with Gasteiger partial charge in [0, 0.05) is 26.7 Å². The van der Waals surface area contributed by atoms with Crippen molar-refractivity contribution in [3.63, 3.8) is 0 Å². The average molecular weight is 308 g/mol. The van der Waals surface area contributed by atoms with E-state index in [0.717, 1.165) is 4.31 Å². The molecule has 1 amide bonds. The molecule has 0 saturated carbocycles. The van der Waals surface area contributed by atoms with Crippen LogP contribution in [0.4, 0.5) is 0 Å². The highest BCUT2D eigenvalue weighted by molar-refractivity contribution is 7.89. The Morgan fingerprint density at radius 1 is 1.14 bits per heavy atom. The van der Waals surface area contributed by atoms with E-state index < -0.39 is 15.6 Å². The van der Waals surface area contributed by atoms with Crippen molar-refractivity contribution < 1.29 is 13.2 Å². The number of nitrogens with zero attached hydrogens (tertiary/aromatic N) is 2. The monoisotopic (exact) mass is 308 g/mol. The topological polar surface area (TPSA) is 57.7 Å². The fraction of sp³-hybridized carbons (Fsp3) is 0.400. The zero-order chi connectivity index (χ0) is 16.4. The van der Waals surface area contributed by atoms with Crippen LogP contribution in [0.3, 0.4) is 0 Å². The molecule has 0 N–H and O–H groups in total. The van der Waals surface area contributed by atoms with Gasteiger partial charge in [-0.05, 0) is 38.1 Å². The van der Waals surface area contributed by atoms with Crippen molar-refractivity contribution in [2.45, 2.75) is 24.3 Å². The number of hydrogen-bond acceptors (Lipinski definition) is 3. The number of sulfonamides is 1. The lowest BCUT2D eigenvalue weighted by Crippen LogP contribution is -2.43. The number of amides is 1. The molecule has 0 bridgehead atoms. The van der Waals surface area contributed by atoms with E-state index >= 15 is 0 Å². The fourth-order valence-corrected chi connectivity index (χ4v) is 3.03. The molecule has 0 fully saturated rings. The van der Waals surface area contributed by atoms with Crippen LogP contribution in [0.15, 0.2) is 29.2 Å². The van der Waals surface area contributed by atoms with Crippen LogP contribution >= 0.6 is 0 Å². The van der Waals surface area contributed by atoms with E-state index in [1.54, 1.807) is 27.9 Å². The summed E-state index contributed by atoms with van der Waals surface area (Å²) >= 11 is 0. The molecule has 1 aromatic rings. The fourth-order valence-electron chi connectivity index (χ4n) is 1.58. The highest BCUT2D eigenvalue weighted by atomic mass is 32.2. The second-order valence-electron chi connectivity index (χ2n) is 5.40. The van der Waals surface area contributed by atoms with E-state index in [2.05, 4.69) is 5.92 Å². The van der Waals surface area contributed by atoms with Gasteiger partial charge in [0.25, 0.3) is 5.91 Å². The summed E-state index contributed by atoms with van der Waals surface area (Å²) in [6, 6.07) is 5.81. The van der Waals surface area contributed by atoms with Gasteiger partial charge >= 0.3 is 0 Å². The number of carbonyl (C=O) groups excluding carboxylic acids is 1. The summed E-state index contributed by atoms with van der Waals surface area (Å²) < 4.78 is 26.1. The van der Waals surface area contributed by atoms with Crippen molar-refractivity contribution in [3.05, 3.63) is 29.8 Å². The maximum absolute atomic E-state index is 12.5. The van der Waals surface area contributed by atoms with Crippen molar-refractivity contribution in [3.8, 4) is 12.3 Å². The first-order valence-electron chi connectivity index (χ1n) is 6.32. The summed E-state index contributed by atoms with van der Waals surface area (Å²) in [6.07, 6.45) is 5.37. The second-order valence-corrected chi connectivity index (χ2v) is 7.37. The summed E-state index contributed by atoms with van der Waals surface area (Å²) in [5.41, 5.74) is -0.505. The third-order valence-electron chi connectivity index (χ3n) is 3.31. The van der Waals surface area contributed by atoms with E-state index in [9.17, 15) is 13.2 Å². The summed E-state index contributed by atoms with van der Waals surface area (Å²) in [6.45, 7) is 3.29. The Morgan fingerprint density at radius 2 is 1.62 bits per heavy atom. The molecule has 1 aromatic carbocycles. The molecule has 0 heterocycles. The number of rotatable bonds is 4. The lowest BCUT2D eigenvalue weighted by molar-refractivity contribution is 0.0827. The molecule has 21 heavy (non-hydrogen) atoms. The van der Waals surface area contributed by atoms with Crippen molar-refractivity contribution in [1.82, 2.24) is 9.21 Å². The van der Waals surface area contributed by atoms with Gasteiger partial charge in [-0.1, -0.05) is 5.92 Å². The predicted molar refractivity (Wildman–Crippen MR) is 82.3 cm³/mol. The molecule has 0 unspecified atom stereocenters. The van der Waals surface area contributed by atoms with Crippen molar-refractivity contribution in [1.29, 1.82) is 0 Å². The highest BCUT2D eigenvalue weighted by Crippen LogP contribution is 2.22. The standard InChI is InChI=1S/C15H20N2O3S/c1-7-15(2,3)17(6)21(19,20)13-10-8-12(9-11-13)14(18)16(4)5/h1,8-11H,2-6H3. The number of benzene rings is 1. The second kappa shape index (κ2) is 5.88. The third-order valence-corrected chi connectivity index (χ3v) is 5.35. The minimum Gasteiger partial charge on any atom is -0.345 e. The van der Waals surface area contributed by atoms with Crippen LogP contribution in [0.5, 0.6) is 0 Å².